The lowest BCUT2D eigenvalue weighted by Gasteiger charge is -2.30. The van der Waals surface area contributed by atoms with Crippen LogP contribution in [0.25, 0.3) is 0 Å². The Balaban J connectivity index is 1.63. The molecule has 3 nitrogen and oxygen atoms in total. The average molecular weight is 360 g/mol. The van der Waals surface area contributed by atoms with Crippen molar-refractivity contribution in [1.29, 1.82) is 0 Å². The van der Waals surface area contributed by atoms with E-state index in [4.69, 9.17) is 4.74 Å². The summed E-state index contributed by atoms with van der Waals surface area (Å²) in [5.74, 6) is -0.0120. The number of rotatable bonds is 3. The predicted octanol–water partition coefficient (Wildman–Crippen LogP) is 4.10. The molecular weight excluding hydrogens is 342 g/mol. The highest BCUT2D eigenvalue weighted by Gasteiger charge is 2.25. The summed E-state index contributed by atoms with van der Waals surface area (Å²) >= 11 is 3.44. The Hall–Kier alpha value is -1.65. The van der Waals surface area contributed by atoms with Gasteiger partial charge in [0.1, 0.15) is 0 Å². The molecule has 1 amide bonds. The number of ether oxygens (including phenoxy) is 1. The molecule has 3 rings (SSSR count). The van der Waals surface area contributed by atoms with Gasteiger partial charge in [-0.05, 0) is 42.7 Å². The van der Waals surface area contributed by atoms with Gasteiger partial charge in [0.2, 0.25) is 0 Å². The zero-order chi connectivity index (χ0) is 15.4. The van der Waals surface area contributed by atoms with E-state index in [1.165, 1.54) is 0 Å². The molecule has 1 aliphatic heterocycles. The molecule has 1 saturated heterocycles. The minimum absolute atomic E-state index is 0.0120. The van der Waals surface area contributed by atoms with Gasteiger partial charge in [0.15, 0.2) is 0 Å². The van der Waals surface area contributed by atoms with Crippen LogP contribution in [0.1, 0.15) is 34.9 Å². The summed E-state index contributed by atoms with van der Waals surface area (Å²) < 4.78 is 6.91. The van der Waals surface area contributed by atoms with Crippen LogP contribution >= 0.6 is 15.9 Å². The number of benzene rings is 2. The Kier molecular flexibility index (Phi) is 4.90. The van der Waals surface area contributed by atoms with E-state index in [0.29, 0.717) is 12.2 Å². The normalized spacial score (nSPS) is 21.3. The second-order valence-electron chi connectivity index (χ2n) is 5.47. The van der Waals surface area contributed by atoms with Crippen molar-refractivity contribution in [1.82, 2.24) is 5.32 Å². The summed E-state index contributed by atoms with van der Waals surface area (Å²) in [5.41, 5.74) is 1.86. The van der Waals surface area contributed by atoms with Crippen LogP contribution in [0.3, 0.4) is 0 Å². The Morgan fingerprint density at radius 2 is 1.82 bits per heavy atom. The molecule has 0 aromatic heterocycles. The molecule has 114 valence electrons. The molecule has 0 saturated carbocycles. The summed E-state index contributed by atoms with van der Waals surface area (Å²) in [6, 6.07) is 17.7. The standard InChI is InChI=1S/C18H18BrNO2/c19-15-8-6-13(7-9-15)17-12-16(10-11-22-17)20-18(21)14-4-2-1-3-5-14/h1-9,16-17H,10-12H2,(H,20,21)/t16-,17-/m1/s1. The summed E-state index contributed by atoms with van der Waals surface area (Å²) in [7, 11) is 0. The molecule has 0 radical (unpaired) electrons. The minimum Gasteiger partial charge on any atom is -0.373 e. The molecule has 2 atom stereocenters. The van der Waals surface area contributed by atoms with Gasteiger partial charge in [-0.15, -0.1) is 0 Å². The van der Waals surface area contributed by atoms with Crippen LogP contribution in [0.4, 0.5) is 0 Å². The SMILES string of the molecule is O=C(N[C@@H]1CCO[C@@H](c2ccc(Br)cc2)C1)c1ccccc1. The van der Waals surface area contributed by atoms with Gasteiger partial charge >= 0.3 is 0 Å². The molecule has 2 aromatic carbocycles. The zero-order valence-electron chi connectivity index (χ0n) is 12.2. The number of hydrogen-bond acceptors (Lipinski definition) is 2. The smallest absolute Gasteiger partial charge is 0.251 e. The van der Waals surface area contributed by atoms with Gasteiger partial charge in [0.05, 0.1) is 6.10 Å². The Morgan fingerprint density at radius 1 is 1.09 bits per heavy atom. The Bertz CT molecular complexity index is 627. The Labute approximate surface area is 138 Å². The molecule has 1 heterocycles. The second kappa shape index (κ2) is 7.07. The molecule has 0 aliphatic carbocycles. The van der Waals surface area contributed by atoms with Crippen molar-refractivity contribution in [2.45, 2.75) is 25.0 Å². The van der Waals surface area contributed by atoms with E-state index >= 15 is 0 Å². The summed E-state index contributed by atoms with van der Waals surface area (Å²) in [5, 5.41) is 3.12. The van der Waals surface area contributed by atoms with Crippen molar-refractivity contribution < 1.29 is 9.53 Å². The van der Waals surface area contributed by atoms with Crippen LogP contribution in [0.2, 0.25) is 0 Å². The molecule has 0 spiro atoms. The largest absolute Gasteiger partial charge is 0.373 e. The number of carbonyl (C=O) groups excluding carboxylic acids is 1. The molecule has 4 heteroatoms. The highest BCUT2D eigenvalue weighted by atomic mass is 79.9. The van der Waals surface area contributed by atoms with E-state index < -0.39 is 0 Å². The summed E-state index contributed by atoms with van der Waals surface area (Å²) in [6.45, 7) is 0.667. The quantitative estimate of drug-likeness (QED) is 0.895. The fourth-order valence-corrected chi connectivity index (χ4v) is 2.96. The lowest BCUT2D eigenvalue weighted by molar-refractivity contribution is 0.000899. The fraction of sp³-hybridized carbons (Fsp3) is 0.278. The first-order valence-electron chi connectivity index (χ1n) is 7.45. The van der Waals surface area contributed by atoms with Crippen molar-refractivity contribution in [2.75, 3.05) is 6.61 Å². The van der Waals surface area contributed by atoms with Gasteiger partial charge in [-0.1, -0.05) is 46.3 Å². The maximum absolute atomic E-state index is 12.2. The number of hydrogen-bond donors (Lipinski definition) is 1. The third kappa shape index (κ3) is 3.76. The van der Waals surface area contributed by atoms with Crippen LogP contribution in [0.5, 0.6) is 0 Å². The van der Waals surface area contributed by atoms with Crippen LogP contribution in [0.15, 0.2) is 59.1 Å². The van der Waals surface area contributed by atoms with Crippen molar-refractivity contribution in [3.8, 4) is 0 Å². The first-order chi connectivity index (χ1) is 10.7. The lowest BCUT2D eigenvalue weighted by Crippen LogP contribution is -2.39. The molecule has 0 bridgehead atoms. The van der Waals surface area contributed by atoms with Crippen molar-refractivity contribution in [3.63, 3.8) is 0 Å². The molecule has 1 N–H and O–H groups in total. The van der Waals surface area contributed by atoms with E-state index in [9.17, 15) is 4.79 Å². The lowest BCUT2D eigenvalue weighted by atomic mass is 9.97. The number of amides is 1. The number of halogens is 1. The maximum atomic E-state index is 12.2. The van der Waals surface area contributed by atoms with Crippen LogP contribution in [-0.2, 0) is 4.74 Å². The second-order valence-corrected chi connectivity index (χ2v) is 6.39. The topological polar surface area (TPSA) is 38.3 Å². The molecule has 2 aromatic rings. The van der Waals surface area contributed by atoms with E-state index in [0.717, 1.165) is 22.9 Å². The summed E-state index contributed by atoms with van der Waals surface area (Å²) in [4.78, 5) is 12.2. The van der Waals surface area contributed by atoms with Crippen LogP contribution in [0, 0.1) is 0 Å². The van der Waals surface area contributed by atoms with Crippen LogP contribution < -0.4 is 5.32 Å². The maximum Gasteiger partial charge on any atom is 0.251 e. The zero-order valence-corrected chi connectivity index (χ0v) is 13.8. The first kappa shape index (κ1) is 15.3. The highest BCUT2D eigenvalue weighted by Crippen LogP contribution is 2.29. The summed E-state index contributed by atoms with van der Waals surface area (Å²) in [6.07, 6.45) is 1.70. The number of carbonyl (C=O) groups is 1. The van der Waals surface area contributed by atoms with Crippen molar-refractivity contribution in [3.05, 3.63) is 70.2 Å². The fourth-order valence-electron chi connectivity index (χ4n) is 2.70. The van der Waals surface area contributed by atoms with Crippen molar-refractivity contribution >= 4 is 21.8 Å². The monoisotopic (exact) mass is 359 g/mol. The minimum atomic E-state index is -0.0120. The van der Waals surface area contributed by atoms with Gasteiger partial charge in [-0.3, -0.25) is 4.79 Å². The molecule has 1 aliphatic rings. The molecule has 1 fully saturated rings. The van der Waals surface area contributed by atoms with E-state index in [-0.39, 0.29) is 18.1 Å². The van der Waals surface area contributed by atoms with E-state index in [1.54, 1.807) is 0 Å². The van der Waals surface area contributed by atoms with Crippen LogP contribution in [-0.4, -0.2) is 18.6 Å². The van der Waals surface area contributed by atoms with Gasteiger partial charge in [0, 0.05) is 22.7 Å². The third-order valence-corrected chi connectivity index (χ3v) is 4.43. The van der Waals surface area contributed by atoms with Gasteiger partial charge in [0.25, 0.3) is 5.91 Å². The molecule has 0 unspecified atom stereocenters. The third-order valence-electron chi connectivity index (χ3n) is 3.90. The van der Waals surface area contributed by atoms with E-state index in [2.05, 4.69) is 33.4 Å². The molecular formula is C18H18BrNO2. The van der Waals surface area contributed by atoms with Crippen molar-refractivity contribution in [2.24, 2.45) is 0 Å². The number of nitrogens with one attached hydrogen (secondary N) is 1. The van der Waals surface area contributed by atoms with Gasteiger partial charge in [-0.2, -0.15) is 0 Å². The Morgan fingerprint density at radius 3 is 2.55 bits per heavy atom. The first-order valence-corrected chi connectivity index (χ1v) is 8.24. The predicted molar refractivity (Wildman–Crippen MR) is 89.8 cm³/mol. The molecule has 22 heavy (non-hydrogen) atoms. The highest BCUT2D eigenvalue weighted by molar-refractivity contribution is 9.10. The van der Waals surface area contributed by atoms with Gasteiger partial charge in [-0.25, -0.2) is 0 Å². The van der Waals surface area contributed by atoms with Gasteiger partial charge < -0.3 is 10.1 Å². The average Bonchev–Trinajstić information content (AvgIpc) is 2.56. The van der Waals surface area contributed by atoms with E-state index in [1.807, 2.05) is 42.5 Å².